The monoisotopic (exact) mass is 491 g/mol. The summed E-state index contributed by atoms with van der Waals surface area (Å²) >= 11 is 1.55. The largest absolute Gasteiger partial charge is 0.319 e. The van der Waals surface area contributed by atoms with Gasteiger partial charge in [-0.15, -0.1) is 0 Å². The molecule has 2 saturated carbocycles. The number of amides is 2. The molecule has 2 heterocycles. The van der Waals surface area contributed by atoms with Crippen LogP contribution in [0.25, 0.3) is 10.2 Å². The normalized spacial score (nSPS) is 36.7. The van der Waals surface area contributed by atoms with E-state index in [-0.39, 0.29) is 22.6 Å². The molecule has 1 aromatic heterocycles. The number of nitrogens with zero attached hydrogens (tertiary/aromatic N) is 2. The van der Waals surface area contributed by atoms with Gasteiger partial charge in [0.1, 0.15) is 0 Å². The van der Waals surface area contributed by atoms with Crippen LogP contribution in [0.4, 0.5) is 5.13 Å². The Bertz CT molecular complexity index is 1200. The lowest BCUT2D eigenvalue weighted by Gasteiger charge is -2.59. The van der Waals surface area contributed by atoms with Crippen molar-refractivity contribution in [2.75, 3.05) is 12.4 Å². The van der Waals surface area contributed by atoms with Gasteiger partial charge >= 0.3 is 0 Å². The summed E-state index contributed by atoms with van der Waals surface area (Å²) in [5.74, 6) is 2.79. The number of carbonyl (C=O) groups is 2. The molecule has 5 nitrogen and oxygen atoms in total. The smallest absolute Gasteiger partial charge is 0.226 e. The fourth-order valence-corrected chi connectivity index (χ4v) is 9.75. The molecule has 3 aliphatic carbocycles. The van der Waals surface area contributed by atoms with E-state index in [1.165, 1.54) is 30.5 Å². The fourth-order valence-electron chi connectivity index (χ4n) is 8.87. The predicted molar refractivity (Wildman–Crippen MR) is 141 cm³/mol. The number of hydrogen-bond acceptors (Lipinski definition) is 4. The van der Waals surface area contributed by atoms with E-state index in [1.807, 2.05) is 30.1 Å². The lowest BCUT2D eigenvalue weighted by atomic mass is 9.48. The van der Waals surface area contributed by atoms with Gasteiger partial charge in [-0.25, -0.2) is 4.98 Å². The van der Waals surface area contributed by atoms with Crippen LogP contribution in [-0.2, 0) is 9.59 Å². The lowest BCUT2D eigenvalue weighted by molar-refractivity contribution is -0.136. The highest BCUT2D eigenvalue weighted by molar-refractivity contribution is 7.22. The molecule has 2 aromatic rings. The highest BCUT2D eigenvalue weighted by Gasteiger charge is 2.60. The van der Waals surface area contributed by atoms with Crippen LogP contribution in [0, 0.1) is 34.5 Å². The van der Waals surface area contributed by atoms with Gasteiger partial charge in [0.15, 0.2) is 5.13 Å². The Morgan fingerprint density at radius 3 is 2.77 bits per heavy atom. The number of likely N-dealkylation sites (tertiary alicyclic amines) is 1. The van der Waals surface area contributed by atoms with Crippen molar-refractivity contribution in [1.29, 1.82) is 0 Å². The first-order valence-electron chi connectivity index (χ1n) is 13.3. The molecule has 35 heavy (non-hydrogen) atoms. The summed E-state index contributed by atoms with van der Waals surface area (Å²) in [5.41, 5.74) is 4.02. The number of carbonyl (C=O) groups excluding carboxylic acids is 2. The van der Waals surface area contributed by atoms with Crippen LogP contribution >= 0.6 is 11.3 Å². The minimum absolute atomic E-state index is 0.110. The van der Waals surface area contributed by atoms with Gasteiger partial charge in [0.05, 0.1) is 10.2 Å². The highest BCUT2D eigenvalue weighted by atomic mass is 32.1. The molecule has 6 heteroatoms. The molecule has 0 spiro atoms. The Morgan fingerprint density at radius 2 is 1.97 bits per heavy atom. The van der Waals surface area contributed by atoms with Gasteiger partial charge in [0.2, 0.25) is 11.8 Å². The predicted octanol–water partition coefficient (Wildman–Crippen LogP) is 6.62. The van der Waals surface area contributed by atoms with Crippen molar-refractivity contribution in [1.82, 2.24) is 9.88 Å². The Morgan fingerprint density at radius 1 is 1.17 bits per heavy atom. The lowest BCUT2D eigenvalue weighted by Crippen LogP contribution is -2.54. The molecule has 2 amide bonds. The number of rotatable bonds is 3. The molecule has 1 aliphatic heterocycles. The van der Waals surface area contributed by atoms with E-state index in [1.54, 1.807) is 11.3 Å². The minimum Gasteiger partial charge on any atom is -0.319 e. The molecule has 0 radical (unpaired) electrons. The minimum atomic E-state index is 0.110. The molecule has 3 fully saturated rings. The van der Waals surface area contributed by atoms with Gasteiger partial charge in [0.25, 0.3) is 0 Å². The summed E-state index contributed by atoms with van der Waals surface area (Å²) in [6.07, 6.45) is 8.13. The van der Waals surface area contributed by atoms with E-state index >= 15 is 0 Å². The third-order valence-corrected chi connectivity index (χ3v) is 11.4. The summed E-state index contributed by atoms with van der Waals surface area (Å²) < 4.78 is 1.11. The second kappa shape index (κ2) is 8.16. The molecule has 1 N–H and O–H groups in total. The van der Waals surface area contributed by atoms with Crippen molar-refractivity contribution >= 4 is 38.5 Å². The van der Waals surface area contributed by atoms with Crippen molar-refractivity contribution in [2.45, 2.75) is 72.1 Å². The van der Waals surface area contributed by atoms with E-state index in [0.29, 0.717) is 41.6 Å². The van der Waals surface area contributed by atoms with Gasteiger partial charge in [-0.2, -0.15) is 0 Å². The standard InChI is InChI=1S/C29H37N3O2S/c1-17-15-19-20-10-9-18(16-24(33)31-27-30-22-7-5-6-8-23(22)35-27)28(20,2)13-11-21(19)29(3)14-12-25(34)32(4)26(17)29/h5-8,18-21H,9-16H2,1-4H3,(H,30,31,33)/t18-,19?,20+,21?,28-,29-/m1/s1. The number of fused-ring (bicyclic) bond motifs is 6. The van der Waals surface area contributed by atoms with Crippen molar-refractivity contribution in [2.24, 2.45) is 34.5 Å². The van der Waals surface area contributed by atoms with E-state index in [4.69, 9.17) is 0 Å². The number of para-hydroxylation sites is 1. The molecule has 6 rings (SSSR count). The maximum Gasteiger partial charge on any atom is 0.226 e. The molecular formula is C29H37N3O2S. The first-order valence-corrected chi connectivity index (χ1v) is 14.1. The number of anilines is 1. The third kappa shape index (κ3) is 3.50. The number of nitrogens with one attached hydrogen (secondary N) is 1. The first-order chi connectivity index (χ1) is 16.7. The number of aromatic nitrogens is 1. The second-order valence-corrected chi connectivity index (χ2v) is 13.2. The van der Waals surface area contributed by atoms with Crippen molar-refractivity contribution < 1.29 is 9.59 Å². The Hall–Kier alpha value is -2.21. The van der Waals surface area contributed by atoms with Crippen LogP contribution < -0.4 is 5.32 Å². The number of thiazole rings is 1. The SMILES string of the molecule is CC1=C2N(C)C(=O)CC[C@]2(C)C2CC[C@]3(C)[C@@H](CC(=O)Nc4nc5ccccc5s4)CC[C@H]3C2C1. The van der Waals surface area contributed by atoms with Crippen molar-refractivity contribution in [3.63, 3.8) is 0 Å². The maximum absolute atomic E-state index is 13.1. The molecule has 2 unspecified atom stereocenters. The highest BCUT2D eigenvalue weighted by Crippen LogP contribution is 2.67. The summed E-state index contributed by atoms with van der Waals surface area (Å²) in [5, 5.41) is 3.82. The van der Waals surface area contributed by atoms with Crippen LogP contribution in [0.15, 0.2) is 35.5 Å². The number of allylic oxidation sites excluding steroid dienone is 2. The quantitative estimate of drug-likeness (QED) is 0.525. The zero-order valence-electron chi connectivity index (χ0n) is 21.4. The van der Waals surface area contributed by atoms with E-state index in [2.05, 4.69) is 37.1 Å². The molecule has 1 saturated heterocycles. The topological polar surface area (TPSA) is 62.3 Å². The summed E-state index contributed by atoms with van der Waals surface area (Å²) in [6.45, 7) is 7.18. The van der Waals surface area contributed by atoms with Crippen LogP contribution in [-0.4, -0.2) is 28.7 Å². The Labute approximate surface area is 212 Å². The third-order valence-electron chi connectivity index (χ3n) is 10.5. The van der Waals surface area contributed by atoms with Gasteiger partial charge in [-0.1, -0.05) is 42.9 Å². The zero-order valence-corrected chi connectivity index (χ0v) is 22.2. The van der Waals surface area contributed by atoms with Gasteiger partial charge in [0, 0.05) is 31.0 Å². The van der Waals surface area contributed by atoms with Gasteiger partial charge in [-0.3, -0.25) is 9.59 Å². The molecule has 1 aromatic carbocycles. The number of hydrogen-bond donors (Lipinski definition) is 1. The summed E-state index contributed by atoms with van der Waals surface area (Å²) in [7, 11) is 1.99. The molecular weight excluding hydrogens is 454 g/mol. The summed E-state index contributed by atoms with van der Waals surface area (Å²) in [4.78, 5) is 32.2. The molecule has 186 valence electrons. The number of benzene rings is 1. The zero-order chi connectivity index (χ0) is 24.5. The fraction of sp³-hybridized carbons (Fsp3) is 0.621. The second-order valence-electron chi connectivity index (χ2n) is 12.1. The maximum atomic E-state index is 13.1. The van der Waals surface area contributed by atoms with E-state index in [0.717, 1.165) is 29.5 Å². The van der Waals surface area contributed by atoms with Crippen LogP contribution in [0.1, 0.15) is 72.1 Å². The van der Waals surface area contributed by atoms with E-state index in [9.17, 15) is 9.59 Å². The van der Waals surface area contributed by atoms with Crippen LogP contribution in [0.3, 0.4) is 0 Å². The Balaban J connectivity index is 1.20. The van der Waals surface area contributed by atoms with E-state index < -0.39 is 0 Å². The van der Waals surface area contributed by atoms with Crippen molar-refractivity contribution in [3.8, 4) is 0 Å². The average Bonchev–Trinajstić information content (AvgIpc) is 3.37. The van der Waals surface area contributed by atoms with Crippen LogP contribution in [0.5, 0.6) is 0 Å². The molecule has 4 aliphatic rings. The van der Waals surface area contributed by atoms with Gasteiger partial charge < -0.3 is 10.2 Å². The summed E-state index contributed by atoms with van der Waals surface area (Å²) in [6, 6.07) is 8.04. The molecule has 0 bridgehead atoms. The van der Waals surface area contributed by atoms with Crippen LogP contribution in [0.2, 0.25) is 0 Å². The van der Waals surface area contributed by atoms with Gasteiger partial charge in [-0.05, 0) is 86.7 Å². The first kappa shape index (κ1) is 23.2. The Kier molecular flexibility index (Phi) is 5.41. The average molecular weight is 492 g/mol. The molecule has 6 atom stereocenters. The van der Waals surface area contributed by atoms with Crippen molar-refractivity contribution in [3.05, 3.63) is 35.5 Å². The number of piperidine rings is 1.